The van der Waals surface area contributed by atoms with E-state index in [1.807, 2.05) is 0 Å². The minimum Gasteiger partial charge on any atom is -0.339 e. The Morgan fingerprint density at radius 1 is 0.964 bits per heavy atom. The zero-order chi connectivity index (χ0) is 19.6. The first-order valence-electron chi connectivity index (χ1n) is 9.20. The predicted octanol–water partition coefficient (Wildman–Crippen LogP) is 3.64. The molecular formula is C20H20FN3O3S. The number of piperidine rings is 1. The van der Waals surface area contributed by atoms with Crippen molar-refractivity contribution in [1.82, 2.24) is 14.4 Å². The van der Waals surface area contributed by atoms with E-state index in [0.717, 1.165) is 24.8 Å². The first kappa shape index (κ1) is 18.8. The average molecular weight is 401 g/mol. The van der Waals surface area contributed by atoms with E-state index in [1.54, 1.807) is 40.7 Å². The Balaban J connectivity index is 1.47. The number of nitrogens with zero attached hydrogens (tertiary/aromatic N) is 3. The lowest BCUT2D eigenvalue weighted by Gasteiger charge is -2.25. The van der Waals surface area contributed by atoms with Crippen LogP contribution in [0.3, 0.4) is 0 Å². The van der Waals surface area contributed by atoms with Gasteiger partial charge < -0.3 is 4.52 Å². The summed E-state index contributed by atoms with van der Waals surface area (Å²) in [4.78, 5) is 4.62. The van der Waals surface area contributed by atoms with Crippen molar-refractivity contribution < 1.29 is 17.3 Å². The summed E-state index contributed by atoms with van der Waals surface area (Å²) in [5, 5.41) is 3.92. The van der Waals surface area contributed by atoms with Crippen molar-refractivity contribution in [1.29, 1.82) is 0 Å². The van der Waals surface area contributed by atoms with Gasteiger partial charge >= 0.3 is 0 Å². The number of rotatable bonds is 5. The van der Waals surface area contributed by atoms with Gasteiger partial charge in [0.2, 0.25) is 21.7 Å². The quantitative estimate of drug-likeness (QED) is 0.652. The maximum Gasteiger partial charge on any atom is 0.243 e. The zero-order valence-electron chi connectivity index (χ0n) is 15.2. The minimum atomic E-state index is -3.44. The van der Waals surface area contributed by atoms with Gasteiger partial charge in [0.1, 0.15) is 5.82 Å². The van der Waals surface area contributed by atoms with Gasteiger partial charge in [-0.3, -0.25) is 0 Å². The molecule has 0 radical (unpaired) electrons. The van der Waals surface area contributed by atoms with Crippen molar-refractivity contribution in [2.24, 2.45) is 0 Å². The van der Waals surface area contributed by atoms with Gasteiger partial charge in [-0.15, -0.1) is 0 Å². The molecule has 6 nitrogen and oxygen atoms in total. The van der Waals surface area contributed by atoms with Gasteiger partial charge in [0.15, 0.2) is 0 Å². The Hall–Kier alpha value is -2.58. The average Bonchev–Trinajstić information content (AvgIpc) is 3.18. The summed E-state index contributed by atoms with van der Waals surface area (Å²) in [5.41, 5.74) is 1.53. The SMILES string of the molecule is O=S(=O)(c1ccc(Cc2nc(-c3ccc(F)cc3)no2)cc1)N1CCCCC1. The molecule has 4 rings (SSSR count). The molecule has 0 bridgehead atoms. The van der Waals surface area contributed by atoms with Crippen molar-refractivity contribution in [3.8, 4) is 11.4 Å². The second-order valence-corrected chi connectivity index (χ2v) is 8.74. The van der Waals surface area contributed by atoms with Crippen LogP contribution in [-0.2, 0) is 16.4 Å². The van der Waals surface area contributed by atoms with Crippen LogP contribution in [0, 0.1) is 5.82 Å². The summed E-state index contributed by atoms with van der Waals surface area (Å²) in [6.45, 7) is 1.16. The van der Waals surface area contributed by atoms with Crippen molar-refractivity contribution in [3.05, 3.63) is 65.8 Å². The van der Waals surface area contributed by atoms with Gasteiger partial charge in [-0.05, 0) is 54.8 Å². The third-order valence-corrected chi connectivity index (χ3v) is 6.71. The van der Waals surface area contributed by atoms with E-state index in [9.17, 15) is 12.8 Å². The molecule has 2 heterocycles. The zero-order valence-corrected chi connectivity index (χ0v) is 16.0. The van der Waals surface area contributed by atoms with Crippen LogP contribution in [0.25, 0.3) is 11.4 Å². The number of benzene rings is 2. The number of hydrogen-bond acceptors (Lipinski definition) is 5. The summed E-state index contributed by atoms with van der Waals surface area (Å²) in [5.74, 6) is 0.470. The highest BCUT2D eigenvalue weighted by Gasteiger charge is 2.25. The number of sulfonamides is 1. The largest absolute Gasteiger partial charge is 0.339 e. The van der Waals surface area contributed by atoms with Gasteiger partial charge in [0, 0.05) is 18.7 Å². The smallest absolute Gasteiger partial charge is 0.243 e. The minimum absolute atomic E-state index is 0.302. The second-order valence-electron chi connectivity index (χ2n) is 6.80. The Labute approximate surface area is 163 Å². The standard InChI is InChI=1S/C20H20FN3O3S/c21-17-8-6-16(7-9-17)20-22-19(27-23-20)14-15-4-10-18(11-5-15)28(25,26)24-12-2-1-3-13-24/h4-11H,1-3,12-14H2. The van der Waals surface area contributed by atoms with Crippen molar-refractivity contribution >= 4 is 10.0 Å². The van der Waals surface area contributed by atoms with E-state index in [0.29, 0.717) is 41.7 Å². The molecule has 28 heavy (non-hydrogen) atoms. The molecule has 0 N–H and O–H groups in total. The molecule has 0 amide bonds. The van der Waals surface area contributed by atoms with E-state index < -0.39 is 10.0 Å². The molecule has 0 atom stereocenters. The predicted molar refractivity (Wildman–Crippen MR) is 102 cm³/mol. The van der Waals surface area contributed by atoms with Crippen LogP contribution in [-0.4, -0.2) is 36.0 Å². The second kappa shape index (κ2) is 7.81. The molecule has 1 aromatic heterocycles. The highest BCUT2D eigenvalue weighted by atomic mass is 32.2. The summed E-state index contributed by atoms with van der Waals surface area (Å²) in [7, 11) is -3.44. The summed E-state index contributed by atoms with van der Waals surface area (Å²) in [6.07, 6.45) is 3.28. The highest BCUT2D eigenvalue weighted by Crippen LogP contribution is 2.22. The Kier molecular flexibility index (Phi) is 5.23. The van der Waals surface area contributed by atoms with E-state index >= 15 is 0 Å². The lowest BCUT2D eigenvalue weighted by molar-refractivity contribution is 0.346. The van der Waals surface area contributed by atoms with Gasteiger partial charge in [0.05, 0.1) is 11.3 Å². The van der Waals surface area contributed by atoms with E-state index in [1.165, 1.54) is 12.1 Å². The molecule has 2 aromatic carbocycles. The van der Waals surface area contributed by atoms with E-state index in [4.69, 9.17) is 4.52 Å². The molecule has 1 fully saturated rings. The van der Waals surface area contributed by atoms with Gasteiger partial charge in [-0.1, -0.05) is 23.7 Å². The normalized spacial score (nSPS) is 15.6. The number of hydrogen-bond donors (Lipinski definition) is 0. The van der Waals surface area contributed by atoms with Crippen LogP contribution in [0.4, 0.5) is 4.39 Å². The molecule has 0 unspecified atom stereocenters. The van der Waals surface area contributed by atoms with E-state index in [-0.39, 0.29) is 5.82 Å². The lowest BCUT2D eigenvalue weighted by atomic mass is 10.1. The van der Waals surface area contributed by atoms with Crippen LogP contribution >= 0.6 is 0 Å². The van der Waals surface area contributed by atoms with Crippen LogP contribution in [0.15, 0.2) is 57.9 Å². The highest BCUT2D eigenvalue weighted by molar-refractivity contribution is 7.89. The molecule has 1 saturated heterocycles. The maximum absolute atomic E-state index is 13.0. The topological polar surface area (TPSA) is 76.3 Å². The molecule has 0 aliphatic carbocycles. The molecule has 146 valence electrons. The monoisotopic (exact) mass is 401 g/mol. The molecule has 1 aliphatic heterocycles. The molecule has 1 aliphatic rings. The molecule has 8 heteroatoms. The fraction of sp³-hybridized carbons (Fsp3) is 0.300. The summed E-state index contributed by atoms with van der Waals surface area (Å²) < 4.78 is 45.2. The number of aromatic nitrogens is 2. The molecule has 3 aromatic rings. The molecule has 0 spiro atoms. The van der Waals surface area contributed by atoms with Gasteiger partial charge in [-0.25, -0.2) is 12.8 Å². The third-order valence-electron chi connectivity index (χ3n) is 4.80. The Bertz CT molecular complexity index is 1040. The van der Waals surface area contributed by atoms with Crippen LogP contribution in [0.1, 0.15) is 30.7 Å². The fourth-order valence-corrected chi connectivity index (χ4v) is 4.77. The lowest BCUT2D eigenvalue weighted by Crippen LogP contribution is -2.35. The summed E-state index contributed by atoms with van der Waals surface area (Å²) in [6, 6.07) is 12.6. The Morgan fingerprint density at radius 3 is 2.32 bits per heavy atom. The van der Waals surface area contributed by atoms with E-state index in [2.05, 4.69) is 10.1 Å². The van der Waals surface area contributed by atoms with Crippen molar-refractivity contribution in [2.45, 2.75) is 30.6 Å². The van der Waals surface area contributed by atoms with Gasteiger partial charge in [-0.2, -0.15) is 9.29 Å². The first-order chi connectivity index (χ1) is 13.5. The number of halogens is 1. The maximum atomic E-state index is 13.0. The third kappa shape index (κ3) is 3.98. The Morgan fingerprint density at radius 2 is 1.64 bits per heavy atom. The van der Waals surface area contributed by atoms with Gasteiger partial charge in [0.25, 0.3) is 0 Å². The fourth-order valence-electron chi connectivity index (χ4n) is 3.25. The van der Waals surface area contributed by atoms with Crippen LogP contribution in [0.5, 0.6) is 0 Å². The van der Waals surface area contributed by atoms with Crippen LogP contribution in [0.2, 0.25) is 0 Å². The van der Waals surface area contributed by atoms with Crippen molar-refractivity contribution in [3.63, 3.8) is 0 Å². The van der Waals surface area contributed by atoms with Crippen molar-refractivity contribution in [2.75, 3.05) is 13.1 Å². The molecule has 0 saturated carbocycles. The first-order valence-corrected chi connectivity index (χ1v) is 10.6. The summed E-state index contributed by atoms with van der Waals surface area (Å²) >= 11 is 0. The van der Waals surface area contributed by atoms with Crippen LogP contribution < -0.4 is 0 Å². The molecular weight excluding hydrogens is 381 g/mol.